The van der Waals surface area contributed by atoms with E-state index in [1.165, 1.54) is 12.0 Å². The van der Waals surface area contributed by atoms with Gasteiger partial charge in [-0.05, 0) is 53.5 Å². The Balaban J connectivity index is 2.50. The molecule has 0 aromatic rings. The monoisotopic (exact) mass is 497 g/mol. The van der Waals surface area contributed by atoms with Gasteiger partial charge in [-0.15, -0.1) is 0 Å². The lowest BCUT2D eigenvalue weighted by atomic mass is 10.1. The van der Waals surface area contributed by atoms with Crippen LogP contribution in [0.5, 0.6) is 0 Å². The lowest BCUT2D eigenvalue weighted by molar-refractivity contribution is -0.0799. The molecule has 198 valence electrons. The topological polar surface area (TPSA) is 78.4 Å². The van der Waals surface area contributed by atoms with E-state index in [1.54, 1.807) is 27.8 Å². The Morgan fingerprint density at radius 1 is 1.24 bits per heavy atom. The van der Waals surface area contributed by atoms with Gasteiger partial charge in [-0.1, -0.05) is 0 Å². The van der Waals surface area contributed by atoms with Crippen molar-refractivity contribution in [3.8, 4) is 0 Å². The van der Waals surface area contributed by atoms with Crippen LogP contribution < -0.4 is 10.6 Å². The normalized spacial score (nSPS) is 20.6. The molecular weight excluding hydrogens is 458 g/mol. The summed E-state index contributed by atoms with van der Waals surface area (Å²) < 4.78 is 61.7. The third-order valence-corrected chi connectivity index (χ3v) is 5.19. The van der Waals surface area contributed by atoms with Crippen molar-refractivity contribution in [1.82, 2.24) is 20.4 Å². The number of methoxy groups -OCH3 is 1. The summed E-state index contributed by atoms with van der Waals surface area (Å²) in [6, 6.07) is 0.0972. The quantitative estimate of drug-likeness (QED) is 0.208. The van der Waals surface area contributed by atoms with Crippen molar-refractivity contribution in [2.75, 3.05) is 41.0 Å². The highest BCUT2D eigenvalue weighted by molar-refractivity contribution is 5.80. The second-order valence-electron chi connectivity index (χ2n) is 9.48. The van der Waals surface area contributed by atoms with Crippen molar-refractivity contribution in [2.24, 2.45) is 4.99 Å². The maximum Gasteiger partial charge on any atom is 0.411 e. The summed E-state index contributed by atoms with van der Waals surface area (Å²) in [6.07, 6.45) is -2.84. The molecule has 0 aliphatic heterocycles. The van der Waals surface area contributed by atoms with Crippen LogP contribution >= 0.6 is 0 Å². The Labute approximate surface area is 199 Å². The number of rotatable bonds is 10. The molecule has 3 atom stereocenters. The minimum absolute atomic E-state index is 0.0220. The Kier molecular flexibility index (Phi) is 12.1. The number of hydrogen-bond acceptors (Lipinski definition) is 5. The molecule has 0 aromatic heterocycles. The summed E-state index contributed by atoms with van der Waals surface area (Å²) in [7, 11) is 4.88. The molecule has 12 heteroatoms. The van der Waals surface area contributed by atoms with Crippen LogP contribution in [0.2, 0.25) is 0 Å². The van der Waals surface area contributed by atoms with Crippen LogP contribution in [0.3, 0.4) is 0 Å². The van der Waals surface area contributed by atoms with Gasteiger partial charge in [0.05, 0.1) is 0 Å². The number of amides is 1. The summed E-state index contributed by atoms with van der Waals surface area (Å²) in [5.41, 5.74) is -0.605. The highest BCUT2D eigenvalue weighted by atomic mass is 19.4. The number of allylic oxidation sites excluding steroid dienone is 1. The molecule has 8 nitrogen and oxygen atoms in total. The minimum Gasteiger partial charge on any atom is -0.444 e. The van der Waals surface area contributed by atoms with Gasteiger partial charge < -0.3 is 29.9 Å². The van der Waals surface area contributed by atoms with Crippen LogP contribution in [0, 0.1) is 0 Å². The van der Waals surface area contributed by atoms with Crippen molar-refractivity contribution in [3.05, 3.63) is 12.3 Å². The highest BCUT2D eigenvalue weighted by Gasteiger charge is 2.29. The third-order valence-electron chi connectivity index (χ3n) is 5.19. The predicted molar refractivity (Wildman–Crippen MR) is 123 cm³/mol. The van der Waals surface area contributed by atoms with E-state index in [1.807, 2.05) is 11.9 Å². The van der Waals surface area contributed by atoms with E-state index < -0.39 is 24.0 Å². The van der Waals surface area contributed by atoms with E-state index in [0.717, 1.165) is 12.8 Å². The number of alkyl halides is 4. The Morgan fingerprint density at radius 2 is 1.91 bits per heavy atom. The second kappa shape index (κ2) is 13.7. The van der Waals surface area contributed by atoms with Gasteiger partial charge in [-0.3, -0.25) is 0 Å². The first-order valence-corrected chi connectivity index (χ1v) is 11.3. The van der Waals surface area contributed by atoms with Gasteiger partial charge in [0.25, 0.3) is 0 Å². The van der Waals surface area contributed by atoms with E-state index in [0.29, 0.717) is 12.6 Å². The van der Waals surface area contributed by atoms with Gasteiger partial charge in [0.15, 0.2) is 5.96 Å². The number of carbonyl (C=O) groups excluding carboxylic acids is 1. The molecule has 2 N–H and O–H groups in total. The molecule has 1 aliphatic rings. The molecule has 1 aliphatic carbocycles. The molecular formula is C22H39F4N5O3. The summed E-state index contributed by atoms with van der Waals surface area (Å²) >= 11 is 0. The number of nitrogens with one attached hydrogen (secondary N) is 2. The number of aliphatic imine (C=N–C) groups is 1. The van der Waals surface area contributed by atoms with Crippen LogP contribution in [0.4, 0.5) is 22.4 Å². The first-order chi connectivity index (χ1) is 15.7. The molecule has 0 radical (unpaired) electrons. The first-order valence-electron chi connectivity index (χ1n) is 11.3. The highest BCUT2D eigenvalue weighted by Crippen LogP contribution is 2.24. The number of hydrogen-bond donors (Lipinski definition) is 2. The zero-order valence-electron chi connectivity index (χ0n) is 20.9. The Bertz CT molecular complexity index is 682. The van der Waals surface area contributed by atoms with Crippen molar-refractivity contribution < 1.29 is 31.8 Å². The predicted octanol–water partition coefficient (Wildman–Crippen LogP) is 3.65. The van der Waals surface area contributed by atoms with E-state index >= 15 is 0 Å². The number of nitrogens with zero attached hydrogens (tertiary/aromatic N) is 3. The molecule has 0 bridgehead atoms. The fourth-order valence-corrected chi connectivity index (χ4v) is 3.47. The molecule has 0 saturated heterocycles. The summed E-state index contributed by atoms with van der Waals surface area (Å²) in [5.74, 6) is 0.184. The maximum atomic E-state index is 14.6. The van der Waals surface area contributed by atoms with Crippen LogP contribution in [0.1, 0.15) is 46.5 Å². The summed E-state index contributed by atoms with van der Waals surface area (Å²) in [5, 5.41) is 5.90. The van der Waals surface area contributed by atoms with Crippen molar-refractivity contribution >= 4 is 12.1 Å². The summed E-state index contributed by atoms with van der Waals surface area (Å²) in [6.45, 7) is 5.88. The van der Waals surface area contributed by atoms with Crippen LogP contribution in [-0.2, 0) is 9.47 Å². The lowest BCUT2D eigenvalue weighted by Gasteiger charge is -2.28. The largest absolute Gasteiger partial charge is 0.444 e. The number of carbonyl (C=O) groups is 1. The zero-order valence-corrected chi connectivity index (χ0v) is 20.9. The van der Waals surface area contributed by atoms with E-state index in [-0.39, 0.29) is 50.4 Å². The Hall–Kier alpha value is -2.08. The van der Waals surface area contributed by atoms with E-state index in [9.17, 15) is 22.4 Å². The molecule has 34 heavy (non-hydrogen) atoms. The number of guanidine groups is 1. The molecule has 1 amide bonds. The molecule has 1 rings (SSSR count). The number of halogens is 4. The third kappa shape index (κ3) is 13.0. The van der Waals surface area contributed by atoms with E-state index in [4.69, 9.17) is 9.47 Å². The van der Waals surface area contributed by atoms with Crippen LogP contribution in [0.15, 0.2) is 17.3 Å². The fourth-order valence-electron chi connectivity index (χ4n) is 3.47. The minimum atomic E-state index is -4.44. The molecule has 1 fully saturated rings. The average Bonchev–Trinajstić information content (AvgIpc) is 3.16. The van der Waals surface area contributed by atoms with Crippen LogP contribution in [0.25, 0.3) is 0 Å². The maximum absolute atomic E-state index is 14.6. The Morgan fingerprint density at radius 3 is 2.50 bits per heavy atom. The summed E-state index contributed by atoms with van der Waals surface area (Å²) in [4.78, 5) is 19.1. The standard InChI is InChI=1S/C22H39F4N5O3/c1-21(2,3)34-20(32)30(4)12-9-16(23)14-31(5)18-8-7-17(13-18)29-19(28-15-33-6)27-11-10-22(24,25)26/h10-11,16-18H,7-9,12-15H2,1-6H3,(H2,27,28,29)/b11-10+/t16?,17-,18?/m0/s1. The van der Waals surface area contributed by atoms with Gasteiger partial charge in [0, 0.05) is 51.6 Å². The van der Waals surface area contributed by atoms with Gasteiger partial charge in [-0.25, -0.2) is 14.2 Å². The lowest BCUT2D eigenvalue weighted by Crippen LogP contribution is -2.44. The molecule has 0 heterocycles. The smallest absolute Gasteiger partial charge is 0.411 e. The van der Waals surface area contributed by atoms with Crippen molar-refractivity contribution in [2.45, 2.75) is 76.5 Å². The van der Waals surface area contributed by atoms with Crippen LogP contribution in [-0.4, -0.2) is 92.9 Å². The molecule has 0 spiro atoms. The number of ether oxygens (including phenoxy) is 2. The molecule has 2 unspecified atom stereocenters. The fraction of sp³-hybridized carbons (Fsp3) is 0.818. The SMILES string of the molecule is COCN/C(=N\C=C\C(F)(F)F)N[C@H]1CCC(N(C)CC(F)CCN(C)C(=O)OC(C)(C)C)C1. The second-order valence-corrected chi connectivity index (χ2v) is 9.48. The zero-order chi connectivity index (χ0) is 25.9. The van der Waals surface area contributed by atoms with E-state index in [2.05, 4.69) is 15.6 Å². The first kappa shape index (κ1) is 30.0. The van der Waals surface area contributed by atoms with Crippen molar-refractivity contribution in [3.63, 3.8) is 0 Å². The van der Waals surface area contributed by atoms with Gasteiger partial charge in [0.2, 0.25) is 0 Å². The van der Waals surface area contributed by atoms with Gasteiger partial charge in [0.1, 0.15) is 18.5 Å². The van der Waals surface area contributed by atoms with Crippen molar-refractivity contribution in [1.29, 1.82) is 0 Å². The van der Waals surface area contributed by atoms with Gasteiger partial charge in [-0.2, -0.15) is 13.2 Å². The molecule has 1 saturated carbocycles. The van der Waals surface area contributed by atoms with Gasteiger partial charge >= 0.3 is 12.3 Å². The average molecular weight is 498 g/mol. The molecule has 0 aromatic carbocycles.